The quantitative estimate of drug-likeness (QED) is 0.788. The Morgan fingerprint density at radius 2 is 1.69 bits per heavy atom. The first-order valence-corrected chi connectivity index (χ1v) is 6.95. The predicted molar refractivity (Wildman–Crippen MR) is 69.5 cm³/mol. The molecule has 0 aromatic heterocycles. The molecule has 0 atom stereocenters. The van der Waals surface area contributed by atoms with Gasteiger partial charge < -0.3 is 0 Å². The molecule has 0 amide bonds. The Labute approximate surface area is 107 Å². The molecule has 0 aliphatic heterocycles. The van der Waals surface area contributed by atoms with Crippen molar-refractivity contribution in [2.75, 3.05) is 7.11 Å². The van der Waals surface area contributed by atoms with Gasteiger partial charge in [-0.1, -0.05) is 0 Å². The van der Waals surface area contributed by atoms with Gasteiger partial charge in [-0.3, -0.25) is 0 Å². The van der Waals surface area contributed by atoms with E-state index in [1.54, 1.807) is 7.11 Å². The Morgan fingerprint density at radius 1 is 1.00 bits per heavy atom. The molecule has 0 saturated heterocycles. The van der Waals surface area contributed by atoms with E-state index in [2.05, 4.69) is 18.2 Å². The van der Waals surface area contributed by atoms with Crippen molar-refractivity contribution >= 4 is 35.5 Å². The minimum atomic E-state index is 0.255. The first-order chi connectivity index (χ1) is 7.79. The van der Waals surface area contributed by atoms with Gasteiger partial charge in [-0.25, -0.2) is 0 Å². The summed E-state index contributed by atoms with van der Waals surface area (Å²) in [7, 11) is 1.67. The fraction of sp³-hybridized carbons (Fsp3) is 0.0769. The van der Waals surface area contributed by atoms with Gasteiger partial charge in [0, 0.05) is 0 Å². The Bertz CT molecular complexity index is 468. The molecule has 1 nitrogen and oxygen atoms in total. The van der Waals surface area contributed by atoms with Crippen LogP contribution in [0.25, 0.3) is 0 Å². The van der Waals surface area contributed by atoms with Crippen molar-refractivity contribution in [3.63, 3.8) is 0 Å². The van der Waals surface area contributed by atoms with E-state index in [4.69, 9.17) is 16.3 Å². The molecule has 0 N–H and O–H groups in total. The second kappa shape index (κ2) is 5.40. The van der Waals surface area contributed by atoms with Crippen LogP contribution in [0.1, 0.15) is 0 Å². The summed E-state index contributed by atoms with van der Waals surface area (Å²) in [6.07, 6.45) is 0. The summed E-state index contributed by atoms with van der Waals surface area (Å²) < 4.78 is 7.63. The summed E-state index contributed by atoms with van der Waals surface area (Å²) in [6.45, 7) is 0. The Kier molecular flexibility index (Phi) is 3.89. The average molecular weight is 298 g/mol. The van der Waals surface area contributed by atoms with Crippen LogP contribution in [-0.4, -0.2) is 22.1 Å². The van der Waals surface area contributed by atoms with E-state index >= 15 is 0 Å². The molecule has 0 radical (unpaired) electrons. The van der Waals surface area contributed by atoms with Gasteiger partial charge in [0.15, 0.2) is 0 Å². The molecule has 0 saturated carbocycles. The molecule has 2 aromatic carbocycles. The normalized spacial score (nSPS) is 10.1. The topological polar surface area (TPSA) is 9.23 Å². The number of ether oxygens (including phenoxy) is 1. The maximum atomic E-state index is 6.12. The molecule has 0 heterocycles. The van der Waals surface area contributed by atoms with Crippen molar-refractivity contribution in [3.05, 3.63) is 53.6 Å². The second-order valence-corrected chi connectivity index (χ2v) is 5.96. The Balaban J connectivity index is 2.18. The van der Waals surface area contributed by atoms with E-state index in [-0.39, 0.29) is 15.0 Å². The maximum absolute atomic E-state index is 6.12. The van der Waals surface area contributed by atoms with Crippen molar-refractivity contribution in [3.8, 4) is 5.75 Å². The van der Waals surface area contributed by atoms with Gasteiger partial charge >= 0.3 is 107 Å². The summed E-state index contributed by atoms with van der Waals surface area (Å²) in [5, 5.41) is 0.846. The predicted octanol–water partition coefficient (Wildman–Crippen LogP) is 2.00. The second-order valence-electron chi connectivity index (χ2n) is 3.21. The van der Waals surface area contributed by atoms with Crippen LogP contribution in [0.2, 0.25) is 5.02 Å². The molecule has 0 unspecified atom stereocenters. The monoisotopic (exact) mass is 298 g/mol. The van der Waals surface area contributed by atoms with Crippen LogP contribution in [0, 0.1) is 0 Å². The van der Waals surface area contributed by atoms with Gasteiger partial charge in [-0.2, -0.15) is 0 Å². The van der Waals surface area contributed by atoms with Crippen LogP contribution in [0.4, 0.5) is 0 Å². The van der Waals surface area contributed by atoms with E-state index in [0.29, 0.717) is 0 Å². The fourth-order valence-corrected chi connectivity index (χ4v) is 3.39. The van der Waals surface area contributed by atoms with Crippen molar-refractivity contribution in [1.29, 1.82) is 0 Å². The number of methoxy groups -OCH3 is 1. The summed E-state index contributed by atoms with van der Waals surface area (Å²) >= 11 is 6.38. The molecule has 3 heteroatoms. The number of halogens is 1. The Morgan fingerprint density at radius 3 is 2.31 bits per heavy atom. The van der Waals surface area contributed by atoms with E-state index < -0.39 is 0 Å². The Hall–Kier alpha value is -0.951. The average Bonchev–Trinajstić information content (AvgIpc) is 2.33. The molecule has 16 heavy (non-hydrogen) atoms. The molecule has 2 rings (SSSR count). The number of benzene rings is 2. The first-order valence-electron chi connectivity index (χ1n) is 4.86. The summed E-state index contributed by atoms with van der Waals surface area (Å²) in [6, 6.07) is 16.1. The van der Waals surface area contributed by atoms with E-state index in [1.807, 2.05) is 30.3 Å². The van der Waals surface area contributed by atoms with Crippen LogP contribution >= 0.6 is 11.6 Å². The van der Waals surface area contributed by atoms with Gasteiger partial charge in [0.2, 0.25) is 0 Å². The number of hydrogen-bond acceptors (Lipinski definition) is 1. The third kappa shape index (κ3) is 2.79. The molecule has 82 valence electrons. The summed E-state index contributed by atoms with van der Waals surface area (Å²) in [4.78, 5) is 0. The third-order valence-corrected chi connectivity index (χ3v) is 4.98. The van der Waals surface area contributed by atoms with E-state index in [9.17, 15) is 0 Å². The van der Waals surface area contributed by atoms with Crippen LogP contribution in [-0.2, 0) is 0 Å². The van der Waals surface area contributed by atoms with Crippen molar-refractivity contribution < 1.29 is 4.74 Å². The van der Waals surface area contributed by atoms with Gasteiger partial charge in [0.05, 0.1) is 0 Å². The molecule has 0 aliphatic carbocycles. The molecule has 0 spiro atoms. The van der Waals surface area contributed by atoms with Gasteiger partial charge in [-0.05, 0) is 0 Å². The van der Waals surface area contributed by atoms with Crippen molar-refractivity contribution in [1.82, 2.24) is 0 Å². The molecule has 2 aromatic rings. The molecule has 0 bridgehead atoms. The number of hydrogen-bond donors (Lipinski definition) is 0. The summed E-state index contributed by atoms with van der Waals surface area (Å²) in [5.41, 5.74) is 0. The van der Waals surface area contributed by atoms with Crippen LogP contribution in [0.15, 0.2) is 48.5 Å². The zero-order valence-electron chi connectivity index (χ0n) is 8.81. The van der Waals surface area contributed by atoms with Crippen LogP contribution in [0.3, 0.4) is 0 Å². The zero-order chi connectivity index (χ0) is 11.4. The van der Waals surface area contributed by atoms with Crippen LogP contribution in [0.5, 0.6) is 5.75 Å². The van der Waals surface area contributed by atoms with Gasteiger partial charge in [-0.15, -0.1) is 0 Å². The molecular formula is C13H11ClOSe. The standard InChI is InChI=1S/C13H11ClOSe/c1-15-10-6-8-11(9-7-10)16-13-5-3-2-4-12(13)14/h2-9H,1H3. The zero-order valence-corrected chi connectivity index (χ0v) is 11.3. The van der Waals surface area contributed by atoms with Crippen molar-refractivity contribution in [2.45, 2.75) is 0 Å². The van der Waals surface area contributed by atoms with E-state index in [0.717, 1.165) is 10.8 Å². The number of rotatable bonds is 3. The van der Waals surface area contributed by atoms with Crippen LogP contribution < -0.4 is 13.7 Å². The SMILES string of the molecule is COc1ccc([Se]c2ccccc2Cl)cc1. The molecule has 0 aliphatic rings. The molecular weight excluding hydrogens is 287 g/mol. The van der Waals surface area contributed by atoms with Gasteiger partial charge in [0.25, 0.3) is 0 Å². The van der Waals surface area contributed by atoms with E-state index in [1.165, 1.54) is 8.92 Å². The van der Waals surface area contributed by atoms with Crippen molar-refractivity contribution in [2.24, 2.45) is 0 Å². The molecule has 0 fully saturated rings. The first kappa shape index (κ1) is 11.5. The third-order valence-electron chi connectivity index (χ3n) is 2.12. The summed E-state index contributed by atoms with van der Waals surface area (Å²) in [5.74, 6) is 0.888. The fourth-order valence-electron chi connectivity index (χ4n) is 1.30. The van der Waals surface area contributed by atoms with Gasteiger partial charge in [0.1, 0.15) is 0 Å². The minimum absolute atomic E-state index is 0.255.